The van der Waals surface area contributed by atoms with Gasteiger partial charge in [0.1, 0.15) is 0 Å². The highest BCUT2D eigenvalue weighted by Gasteiger charge is 2.28. The average Bonchev–Trinajstić information content (AvgIpc) is 2.57. The number of benzene rings is 1. The summed E-state index contributed by atoms with van der Waals surface area (Å²) >= 11 is 3.29. The number of hydrogen-bond acceptors (Lipinski definition) is 3. The minimum absolute atomic E-state index is 0.108. The Kier molecular flexibility index (Phi) is 4.27. The Morgan fingerprint density at radius 3 is 2.79 bits per heavy atom. The van der Waals surface area contributed by atoms with Gasteiger partial charge in [-0.15, -0.1) is 0 Å². The largest absolute Gasteiger partial charge is 0.355 e. The van der Waals surface area contributed by atoms with E-state index in [0.29, 0.717) is 18.7 Å². The lowest BCUT2D eigenvalue weighted by molar-refractivity contribution is -0.120. The Bertz CT molecular complexity index is 601. The number of hydrogen-bond donors (Lipinski definition) is 1. The highest BCUT2D eigenvalue weighted by molar-refractivity contribution is 9.10. The molecule has 1 N–H and O–H groups in total. The van der Waals surface area contributed by atoms with E-state index in [-0.39, 0.29) is 23.8 Å². The van der Waals surface area contributed by atoms with E-state index < -0.39 is 10.0 Å². The van der Waals surface area contributed by atoms with Crippen LogP contribution in [-0.4, -0.2) is 38.3 Å². The number of amides is 1. The molecule has 1 aliphatic heterocycles. The molecule has 0 spiro atoms. The molecule has 19 heavy (non-hydrogen) atoms. The molecule has 1 amide bonds. The van der Waals surface area contributed by atoms with Crippen LogP contribution in [0.2, 0.25) is 0 Å². The van der Waals surface area contributed by atoms with Crippen LogP contribution >= 0.6 is 15.9 Å². The molecule has 0 atom stereocenters. The fourth-order valence-electron chi connectivity index (χ4n) is 1.98. The Hall–Kier alpha value is -0.920. The first kappa shape index (κ1) is 14.5. The quantitative estimate of drug-likeness (QED) is 0.876. The van der Waals surface area contributed by atoms with E-state index in [1.165, 1.54) is 4.31 Å². The fraction of sp³-hybridized carbons (Fsp3) is 0.417. The molecule has 7 heteroatoms. The van der Waals surface area contributed by atoms with Crippen molar-refractivity contribution in [1.29, 1.82) is 0 Å². The molecule has 0 radical (unpaired) electrons. The van der Waals surface area contributed by atoms with Gasteiger partial charge in [-0.2, -0.15) is 4.31 Å². The normalized spacial score (nSPS) is 17.9. The Morgan fingerprint density at radius 2 is 2.05 bits per heavy atom. The zero-order valence-corrected chi connectivity index (χ0v) is 12.9. The van der Waals surface area contributed by atoms with Gasteiger partial charge in [-0.1, -0.05) is 22.0 Å². The Morgan fingerprint density at radius 1 is 1.32 bits per heavy atom. The van der Waals surface area contributed by atoms with E-state index >= 15 is 0 Å². The van der Waals surface area contributed by atoms with E-state index in [1.807, 2.05) is 6.07 Å². The number of carbonyl (C=O) groups is 1. The maximum absolute atomic E-state index is 12.6. The molecular weight excluding hydrogens is 332 g/mol. The number of carbonyl (C=O) groups excluding carboxylic acids is 1. The summed E-state index contributed by atoms with van der Waals surface area (Å²) in [6.45, 7) is 2.64. The first-order valence-electron chi connectivity index (χ1n) is 5.94. The summed E-state index contributed by atoms with van der Waals surface area (Å²) in [5, 5.41) is 2.67. The summed E-state index contributed by atoms with van der Waals surface area (Å²) in [6.07, 6.45) is 0.201. The van der Waals surface area contributed by atoms with Crippen LogP contribution in [0.4, 0.5) is 0 Å². The van der Waals surface area contributed by atoms with Crippen molar-refractivity contribution in [2.75, 3.05) is 19.6 Å². The van der Waals surface area contributed by atoms with Crippen LogP contribution < -0.4 is 5.32 Å². The Balaban J connectivity index is 2.36. The molecule has 0 unspecified atom stereocenters. The predicted molar refractivity (Wildman–Crippen MR) is 75.3 cm³/mol. The number of halogens is 1. The first-order valence-corrected chi connectivity index (χ1v) is 8.17. The third-order valence-corrected chi connectivity index (χ3v) is 5.57. The molecule has 104 valence electrons. The first-order chi connectivity index (χ1) is 8.91. The van der Waals surface area contributed by atoms with Gasteiger partial charge in [-0.3, -0.25) is 4.79 Å². The summed E-state index contributed by atoms with van der Waals surface area (Å²) in [5.41, 5.74) is 0.701. The van der Waals surface area contributed by atoms with E-state index in [0.717, 1.165) is 4.47 Å². The van der Waals surface area contributed by atoms with Crippen LogP contribution in [-0.2, 0) is 14.8 Å². The van der Waals surface area contributed by atoms with Crippen molar-refractivity contribution in [3.05, 3.63) is 28.2 Å². The van der Waals surface area contributed by atoms with Crippen molar-refractivity contribution < 1.29 is 13.2 Å². The lowest BCUT2D eigenvalue weighted by Crippen LogP contribution is -2.34. The van der Waals surface area contributed by atoms with Gasteiger partial charge in [-0.25, -0.2) is 8.42 Å². The second kappa shape index (κ2) is 5.60. The second-order valence-electron chi connectivity index (χ2n) is 4.41. The molecular formula is C12H15BrN2O3S. The van der Waals surface area contributed by atoms with E-state index in [9.17, 15) is 13.2 Å². The third kappa shape index (κ3) is 3.16. The molecule has 1 saturated heterocycles. The molecule has 5 nitrogen and oxygen atoms in total. The van der Waals surface area contributed by atoms with Gasteiger partial charge >= 0.3 is 0 Å². The van der Waals surface area contributed by atoms with Crippen LogP contribution in [0.15, 0.2) is 27.6 Å². The lowest BCUT2D eigenvalue weighted by atomic mass is 10.2. The van der Waals surface area contributed by atoms with Gasteiger partial charge in [0, 0.05) is 30.5 Å². The monoisotopic (exact) mass is 346 g/mol. The molecule has 1 aromatic carbocycles. The predicted octanol–water partition coefficient (Wildman–Crippen LogP) is 1.27. The van der Waals surface area contributed by atoms with Crippen molar-refractivity contribution in [1.82, 2.24) is 9.62 Å². The maximum Gasteiger partial charge on any atom is 0.243 e. The number of nitrogens with one attached hydrogen (secondary N) is 1. The minimum atomic E-state index is -3.55. The van der Waals surface area contributed by atoms with Crippen molar-refractivity contribution >= 4 is 31.9 Å². The van der Waals surface area contributed by atoms with Gasteiger partial charge < -0.3 is 5.32 Å². The molecule has 1 aromatic rings. The molecule has 2 rings (SSSR count). The van der Waals surface area contributed by atoms with E-state index in [4.69, 9.17) is 0 Å². The molecule has 1 aliphatic rings. The van der Waals surface area contributed by atoms with Crippen LogP contribution in [0.5, 0.6) is 0 Å². The smallest absolute Gasteiger partial charge is 0.243 e. The maximum atomic E-state index is 12.6. The van der Waals surface area contributed by atoms with Crippen LogP contribution in [0.3, 0.4) is 0 Å². The molecule has 1 heterocycles. The summed E-state index contributed by atoms with van der Waals surface area (Å²) in [7, 11) is -3.55. The van der Waals surface area contributed by atoms with Crippen LogP contribution in [0.25, 0.3) is 0 Å². The second-order valence-corrected chi connectivity index (χ2v) is 7.24. The zero-order chi connectivity index (χ0) is 14.0. The molecule has 1 fully saturated rings. The average molecular weight is 347 g/mol. The summed E-state index contributed by atoms with van der Waals surface area (Å²) in [5.74, 6) is -0.108. The third-order valence-electron chi connectivity index (χ3n) is 3.04. The van der Waals surface area contributed by atoms with Crippen LogP contribution in [0.1, 0.15) is 12.0 Å². The molecule has 0 aliphatic carbocycles. The number of nitrogens with zero attached hydrogens (tertiary/aromatic N) is 1. The van der Waals surface area contributed by atoms with Gasteiger partial charge in [-0.05, 0) is 24.6 Å². The van der Waals surface area contributed by atoms with Gasteiger partial charge in [0.15, 0.2) is 0 Å². The minimum Gasteiger partial charge on any atom is -0.355 e. The highest BCUT2D eigenvalue weighted by Crippen LogP contribution is 2.24. The highest BCUT2D eigenvalue weighted by atomic mass is 79.9. The number of aryl methyl sites for hydroxylation is 1. The SMILES string of the molecule is Cc1ccc(Br)cc1S(=O)(=O)N1CCNC(=O)CC1. The van der Waals surface area contributed by atoms with Gasteiger partial charge in [0.25, 0.3) is 0 Å². The van der Waals surface area contributed by atoms with Gasteiger partial charge in [0.2, 0.25) is 15.9 Å². The summed E-state index contributed by atoms with van der Waals surface area (Å²) < 4.78 is 27.3. The van der Waals surface area contributed by atoms with Gasteiger partial charge in [0.05, 0.1) is 4.90 Å². The molecule has 0 bridgehead atoms. The zero-order valence-electron chi connectivity index (χ0n) is 10.5. The van der Waals surface area contributed by atoms with Crippen molar-refractivity contribution in [2.24, 2.45) is 0 Å². The Labute approximate surface area is 121 Å². The summed E-state index contributed by atoms with van der Waals surface area (Å²) in [4.78, 5) is 11.6. The molecule has 0 saturated carbocycles. The summed E-state index contributed by atoms with van der Waals surface area (Å²) in [6, 6.07) is 5.17. The molecule has 0 aromatic heterocycles. The topological polar surface area (TPSA) is 66.5 Å². The van der Waals surface area contributed by atoms with Crippen molar-refractivity contribution in [3.63, 3.8) is 0 Å². The number of rotatable bonds is 2. The standard InChI is InChI=1S/C12H15BrN2O3S/c1-9-2-3-10(13)8-11(9)19(17,18)15-6-4-12(16)14-5-7-15/h2-3,8H,4-7H2,1H3,(H,14,16). The van der Waals surface area contributed by atoms with Crippen molar-refractivity contribution in [3.8, 4) is 0 Å². The fourth-order valence-corrected chi connectivity index (χ4v) is 4.18. The number of sulfonamides is 1. The lowest BCUT2D eigenvalue weighted by Gasteiger charge is -2.20. The van der Waals surface area contributed by atoms with Crippen molar-refractivity contribution in [2.45, 2.75) is 18.2 Å². The van der Waals surface area contributed by atoms with E-state index in [2.05, 4.69) is 21.2 Å². The van der Waals surface area contributed by atoms with E-state index in [1.54, 1.807) is 19.1 Å². The van der Waals surface area contributed by atoms with Crippen LogP contribution in [0, 0.1) is 6.92 Å².